The third-order valence-corrected chi connectivity index (χ3v) is 15.3. The van der Waals surface area contributed by atoms with Crippen molar-refractivity contribution in [1.82, 2.24) is 30.7 Å². The van der Waals surface area contributed by atoms with Gasteiger partial charge >= 0.3 is 12.1 Å². The first kappa shape index (κ1) is 65.4. The average Bonchev–Trinajstić information content (AvgIpc) is 3.87. The van der Waals surface area contributed by atoms with Gasteiger partial charge in [0.25, 0.3) is 10.1 Å². The molecule has 11 atom stereocenters. The molecule has 1 heterocycles. The molecule has 0 aliphatic carbocycles. The minimum atomic E-state index is -4.93. The Morgan fingerprint density at radius 3 is 2.08 bits per heavy atom. The first-order valence-electron chi connectivity index (χ1n) is 26.2. The van der Waals surface area contributed by atoms with Crippen molar-refractivity contribution in [3.05, 3.63) is 59.7 Å². The summed E-state index contributed by atoms with van der Waals surface area (Å²) in [4.78, 5) is 97.8. The summed E-state index contributed by atoms with van der Waals surface area (Å²) >= 11 is 0. The molecular weight excluding hydrogens is 1020 g/mol. The number of nitrogens with one attached hydrogen (secondary N) is 4. The lowest BCUT2D eigenvalue weighted by Crippen LogP contribution is -2.60. The minimum Gasteiger partial charge on any atom is -0.444 e. The summed E-state index contributed by atoms with van der Waals surface area (Å²) in [5.41, 5.74) is 11.5. The molecule has 2 aromatic rings. The van der Waals surface area contributed by atoms with Gasteiger partial charge in [0, 0.05) is 52.7 Å². The van der Waals surface area contributed by atoms with E-state index < -0.39 is 124 Å². The van der Waals surface area contributed by atoms with Gasteiger partial charge < -0.3 is 61.9 Å². The van der Waals surface area contributed by atoms with Crippen molar-refractivity contribution in [3.8, 4) is 0 Å². The number of carbonyl (C=O) groups is 7. The van der Waals surface area contributed by atoms with Crippen LogP contribution >= 0.6 is 0 Å². The Morgan fingerprint density at radius 1 is 0.870 bits per heavy atom. The molecular formula is C53H85N9O14S. The summed E-state index contributed by atoms with van der Waals surface area (Å²) in [5.74, 6) is -4.31. The highest BCUT2D eigenvalue weighted by atomic mass is 32.2. The molecule has 432 valence electrons. The van der Waals surface area contributed by atoms with Crippen LogP contribution in [0.5, 0.6) is 0 Å². The highest BCUT2D eigenvalue weighted by Crippen LogP contribution is 2.31. The van der Waals surface area contributed by atoms with E-state index in [4.69, 9.17) is 25.7 Å². The van der Waals surface area contributed by atoms with E-state index in [9.17, 15) is 51.6 Å². The Hall–Kier alpha value is -5.92. The lowest BCUT2D eigenvalue weighted by molar-refractivity contribution is -0.148. The molecule has 1 aliphatic rings. The SMILES string of the molecule is CC[C@H](C)[C@@H]([C@@H](CC(=O)N1CCC[C@H]1[C@H](OC)[C@@H](C)C(=O)N[C@H](C)[C@@H](O)c1ccccc1)OC)N(C)C(=O)[C@@H](NC(=O)[C@H](C(C)C)N(C)C(=O)OCc1ccc(NC(=O)[C@@H](N)CCCNC(N)=O)cc1S(=O)(=O)O)C(C)C. The Kier molecular flexibility index (Phi) is 25.7. The summed E-state index contributed by atoms with van der Waals surface area (Å²) in [5, 5.41) is 21.5. The van der Waals surface area contributed by atoms with Crippen LogP contribution in [0.15, 0.2) is 53.4 Å². The molecule has 0 unspecified atom stereocenters. The van der Waals surface area contributed by atoms with Crippen molar-refractivity contribution < 1.29 is 65.8 Å². The number of rotatable bonds is 29. The van der Waals surface area contributed by atoms with Crippen molar-refractivity contribution in [3.63, 3.8) is 0 Å². The molecule has 24 heteroatoms. The van der Waals surface area contributed by atoms with Crippen molar-refractivity contribution in [2.24, 2.45) is 35.1 Å². The molecule has 77 heavy (non-hydrogen) atoms. The van der Waals surface area contributed by atoms with Gasteiger partial charge in [-0.15, -0.1) is 0 Å². The Morgan fingerprint density at radius 2 is 1.52 bits per heavy atom. The predicted molar refractivity (Wildman–Crippen MR) is 288 cm³/mol. The lowest BCUT2D eigenvalue weighted by atomic mass is 9.89. The standard InChI is InChI=1S/C53H85N9O14S/c1-13-32(6)45(40(74-11)28-42(63)62-26-18-22-39(62)47(75-12)33(7)48(65)57-34(8)46(64)35-19-15-14-16-20-35)60(9)51(68)43(30(2)3)59-50(67)44(31(4)5)61(10)53(70)76-29-36-23-24-37(27-41(36)77(71,72)73)58-49(66)38(54)21-17-25-56-52(55)69/h14-16,19-20,23-24,27,30-34,38-40,43-47,64H,13,17-18,21-22,25-26,28-29,54H2,1-12H3,(H,57,65)(H,58,66)(H,59,67)(H3,55,56,69)(H,71,72,73)/t32-,33+,34+,38-,39-,40+,43-,44-,45-,46+,47+/m0/s1. The van der Waals surface area contributed by atoms with Crippen LogP contribution in [-0.4, -0.2) is 164 Å². The van der Waals surface area contributed by atoms with E-state index in [-0.39, 0.29) is 48.4 Å². The van der Waals surface area contributed by atoms with E-state index in [0.717, 1.165) is 11.0 Å². The normalized spacial score (nSPS) is 17.6. The van der Waals surface area contributed by atoms with E-state index in [1.807, 2.05) is 32.0 Å². The number of amides is 8. The number of aliphatic hydroxyl groups is 1. The number of hydrogen-bond donors (Lipinski definition) is 8. The highest BCUT2D eigenvalue weighted by Gasteiger charge is 2.44. The van der Waals surface area contributed by atoms with Gasteiger partial charge in [-0.25, -0.2) is 9.59 Å². The molecule has 0 radical (unpaired) electrons. The third-order valence-electron chi connectivity index (χ3n) is 14.4. The lowest BCUT2D eigenvalue weighted by Gasteiger charge is -2.41. The second-order valence-corrected chi connectivity index (χ2v) is 22.0. The number of primary amides is 1. The summed E-state index contributed by atoms with van der Waals surface area (Å²) in [6.07, 6.45) is -1.23. The van der Waals surface area contributed by atoms with E-state index in [0.29, 0.717) is 37.8 Å². The predicted octanol–water partition coefficient (Wildman–Crippen LogP) is 3.54. The van der Waals surface area contributed by atoms with Gasteiger partial charge in [0.1, 0.15) is 23.6 Å². The van der Waals surface area contributed by atoms with Gasteiger partial charge in [-0.05, 0) is 68.1 Å². The number of likely N-dealkylation sites (N-methyl/N-ethyl adjacent to an activating group) is 2. The Balaban J connectivity index is 1.75. The fraction of sp³-hybridized carbons (Fsp3) is 0.642. The fourth-order valence-electron chi connectivity index (χ4n) is 9.82. The first-order valence-corrected chi connectivity index (χ1v) is 27.6. The first-order chi connectivity index (χ1) is 36.1. The fourth-order valence-corrected chi connectivity index (χ4v) is 10.6. The number of aliphatic hydroxyl groups excluding tert-OH is 1. The molecule has 3 rings (SSSR count). The molecule has 1 saturated heterocycles. The highest BCUT2D eigenvalue weighted by molar-refractivity contribution is 7.85. The largest absolute Gasteiger partial charge is 0.444 e. The molecule has 2 aromatic carbocycles. The smallest absolute Gasteiger partial charge is 0.410 e. The van der Waals surface area contributed by atoms with Gasteiger partial charge in [-0.1, -0.05) is 91.3 Å². The number of urea groups is 1. The minimum absolute atomic E-state index is 0.0345. The number of benzene rings is 2. The van der Waals surface area contributed by atoms with Crippen LogP contribution in [0.4, 0.5) is 15.3 Å². The van der Waals surface area contributed by atoms with Crippen LogP contribution in [0.1, 0.15) is 111 Å². The zero-order chi connectivity index (χ0) is 58.1. The number of anilines is 1. The summed E-state index contributed by atoms with van der Waals surface area (Å²) in [7, 11) is 0.958. The molecule has 1 aliphatic heterocycles. The molecule has 8 amide bonds. The monoisotopic (exact) mass is 1100 g/mol. The molecule has 0 spiro atoms. The maximum absolute atomic E-state index is 14.7. The van der Waals surface area contributed by atoms with Gasteiger partial charge in [0.2, 0.25) is 29.5 Å². The van der Waals surface area contributed by atoms with Crippen LogP contribution in [0.3, 0.4) is 0 Å². The van der Waals surface area contributed by atoms with Gasteiger partial charge in [0.05, 0.1) is 54.8 Å². The van der Waals surface area contributed by atoms with Crippen molar-refractivity contribution in [2.75, 3.05) is 46.7 Å². The molecule has 0 saturated carbocycles. The Bertz CT molecular complexity index is 2410. The van der Waals surface area contributed by atoms with Crippen molar-refractivity contribution in [2.45, 2.75) is 160 Å². The number of hydrogen-bond acceptors (Lipinski definition) is 14. The van der Waals surface area contributed by atoms with Crippen LogP contribution in [0.2, 0.25) is 0 Å². The number of methoxy groups -OCH3 is 2. The number of ether oxygens (including phenoxy) is 3. The summed E-state index contributed by atoms with van der Waals surface area (Å²) in [6.45, 7) is 14.2. The zero-order valence-electron chi connectivity index (χ0n) is 46.7. The topological polar surface area (TPSA) is 332 Å². The van der Waals surface area contributed by atoms with E-state index in [2.05, 4.69) is 21.3 Å². The maximum atomic E-state index is 14.7. The van der Waals surface area contributed by atoms with Crippen LogP contribution in [-0.2, 0) is 54.9 Å². The van der Waals surface area contributed by atoms with Gasteiger partial charge in [-0.2, -0.15) is 8.42 Å². The molecule has 0 aromatic heterocycles. The summed E-state index contributed by atoms with van der Waals surface area (Å²) < 4.78 is 52.5. The molecule has 0 bridgehead atoms. The second kappa shape index (κ2) is 30.3. The van der Waals surface area contributed by atoms with E-state index >= 15 is 0 Å². The zero-order valence-corrected chi connectivity index (χ0v) is 47.5. The number of likely N-dealkylation sites (tertiary alicyclic amines) is 1. The van der Waals surface area contributed by atoms with Crippen LogP contribution in [0.25, 0.3) is 0 Å². The third kappa shape index (κ3) is 18.3. The quantitative estimate of drug-likeness (QED) is 0.0427. The maximum Gasteiger partial charge on any atom is 0.410 e. The van der Waals surface area contributed by atoms with Crippen LogP contribution in [0, 0.1) is 23.7 Å². The van der Waals surface area contributed by atoms with Crippen molar-refractivity contribution in [1.29, 1.82) is 0 Å². The van der Waals surface area contributed by atoms with Crippen LogP contribution < -0.4 is 32.7 Å². The molecule has 10 N–H and O–H groups in total. The summed E-state index contributed by atoms with van der Waals surface area (Å²) in [6, 6.07) is 6.74. The Labute approximate surface area is 453 Å². The molecule has 23 nitrogen and oxygen atoms in total. The number of nitrogens with zero attached hydrogens (tertiary/aromatic N) is 3. The average molecular weight is 1100 g/mol. The number of nitrogens with two attached hydrogens (primary N) is 2. The number of carbonyl (C=O) groups excluding carboxylic acids is 7. The van der Waals surface area contributed by atoms with E-state index in [1.54, 1.807) is 65.6 Å². The second-order valence-electron chi connectivity index (χ2n) is 20.7. The van der Waals surface area contributed by atoms with Crippen molar-refractivity contribution >= 4 is 57.5 Å². The van der Waals surface area contributed by atoms with Gasteiger partial charge in [0.15, 0.2) is 0 Å². The molecule has 1 fully saturated rings. The van der Waals surface area contributed by atoms with E-state index in [1.165, 1.54) is 38.3 Å². The van der Waals surface area contributed by atoms with Gasteiger partial charge in [-0.3, -0.25) is 33.4 Å².